The molecule has 1 spiro atoms. The molecule has 1 fully saturated rings. The van der Waals surface area contributed by atoms with Crippen LogP contribution in [0.2, 0.25) is 5.02 Å². The number of hydrogen-bond donors (Lipinski definition) is 3. The van der Waals surface area contributed by atoms with Gasteiger partial charge >= 0.3 is 5.97 Å². The molecule has 1 saturated heterocycles. The Morgan fingerprint density at radius 1 is 1.10 bits per heavy atom. The standard InChI is InChI=1S/C28H22BrClF2N2O5/c1-27(2,26(37)38)39-22-8-3-13(29)9-16(22)19-12-23(35)34-24(17-11-15(31)5-7-20(17)32)28(19)18-6-4-14(30)10-21(18)33-25(28)36/h3-11,19,24H,12H2,1-2H3,(H,33,36)(H,34,35)(H,37,38)/t19-,24+,28-/m1/s1. The normalized spacial score (nSPS) is 22.3. The lowest BCUT2D eigenvalue weighted by molar-refractivity contribution is -0.152. The minimum atomic E-state index is -1.69. The molecule has 2 heterocycles. The Bertz CT molecular complexity index is 1550. The highest BCUT2D eigenvalue weighted by molar-refractivity contribution is 9.10. The van der Waals surface area contributed by atoms with E-state index in [1.165, 1.54) is 19.9 Å². The molecule has 0 saturated carbocycles. The Kier molecular flexibility index (Phi) is 6.67. The van der Waals surface area contributed by atoms with E-state index >= 15 is 4.39 Å². The number of halogens is 4. The molecule has 3 atom stereocenters. The van der Waals surface area contributed by atoms with Gasteiger partial charge in [-0.2, -0.15) is 0 Å². The predicted molar refractivity (Wildman–Crippen MR) is 143 cm³/mol. The summed E-state index contributed by atoms with van der Waals surface area (Å²) in [5.41, 5.74) is -2.45. The Balaban J connectivity index is 1.82. The smallest absolute Gasteiger partial charge is 0.347 e. The molecule has 202 valence electrons. The third kappa shape index (κ3) is 4.45. The van der Waals surface area contributed by atoms with Crippen LogP contribution >= 0.6 is 27.5 Å². The molecule has 0 bridgehead atoms. The van der Waals surface area contributed by atoms with Crippen molar-refractivity contribution in [3.05, 3.63) is 92.4 Å². The fourth-order valence-corrected chi connectivity index (χ4v) is 6.01. The fourth-order valence-electron chi connectivity index (χ4n) is 5.46. The summed E-state index contributed by atoms with van der Waals surface area (Å²) in [6.45, 7) is 2.74. The Morgan fingerprint density at radius 2 is 1.85 bits per heavy atom. The number of piperidine rings is 1. The molecule has 0 aliphatic carbocycles. The van der Waals surface area contributed by atoms with Crippen LogP contribution in [0.25, 0.3) is 0 Å². The van der Waals surface area contributed by atoms with Gasteiger partial charge in [-0.25, -0.2) is 13.6 Å². The number of anilines is 1. The number of carbonyl (C=O) groups excluding carboxylic acids is 2. The van der Waals surface area contributed by atoms with Crippen molar-refractivity contribution >= 4 is 51.0 Å². The summed E-state index contributed by atoms with van der Waals surface area (Å²) in [6.07, 6.45) is -0.233. The van der Waals surface area contributed by atoms with Crippen molar-refractivity contribution in [3.63, 3.8) is 0 Å². The molecule has 7 nitrogen and oxygen atoms in total. The van der Waals surface area contributed by atoms with Crippen LogP contribution in [0.1, 0.15) is 48.9 Å². The van der Waals surface area contributed by atoms with Gasteiger partial charge in [-0.3, -0.25) is 9.59 Å². The third-order valence-corrected chi connectivity index (χ3v) is 7.98. The predicted octanol–water partition coefficient (Wildman–Crippen LogP) is 5.86. The van der Waals surface area contributed by atoms with Crippen LogP contribution in [0.4, 0.5) is 14.5 Å². The molecule has 5 rings (SSSR count). The topological polar surface area (TPSA) is 105 Å². The zero-order chi connectivity index (χ0) is 28.3. The number of rotatable bonds is 5. The molecule has 3 N–H and O–H groups in total. The molecule has 0 unspecified atom stereocenters. The highest BCUT2D eigenvalue weighted by Gasteiger charge is 2.62. The number of aliphatic carboxylic acids is 1. The van der Waals surface area contributed by atoms with E-state index in [2.05, 4.69) is 26.6 Å². The van der Waals surface area contributed by atoms with E-state index in [0.29, 0.717) is 26.3 Å². The van der Waals surface area contributed by atoms with E-state index in [-0.39, 0.29) is 17.7 Å². The second-order valence-corrected chi connectivity index (χ2v) is 11.4. The first-order valence-corrected chi connectivity index (χ1v) is 13.1. The molecule has 0 radical (unpaired) electrons. The summed E-state index contributed by atoms with van der Waals surface area (Å²) in [4.78, 5) is 39.2. The molecular formula is C28H22BrClF2N2O5. The highest BCUT2D eigenvalue weighted by Crippen LogP contribution is 2.59. The number of fused-ring (bicyclic) bond motifs is 2. The number of benzene rings is 3. The SMILES string of the molecule is CC(C)(Oc1ccc(Br)cc1[C@H]1CC(=O)N[C@@H](c2cc(F)ccc2F)[C@]12C(=O)Nc1cc(Cl)ccc12)C(=O)O. The number of carbonyl (C=O) groups is 3. The summed E-state index contributed by atoms with van der Waals surface area (Å²) in [7, 11) is 0. The summed E-state index contributed by atoms with van der Waals surface area (Å²) >= 11 is 9.63. The second kappa shape index (κ2) is 9.60. The maximum atomic E-state index is 15.3. The van der Waals surface area contributed by atoms with Gasteiger partial charge in [0.05, 0.1) is 6.04 Å². The Hall–Kier alpha value is -3.50. The molecule has 0 aromatic heterocycles. The molecule has 3 aromatic rings. The lowest BCUT2D eigenvalue weighted by atomic mass is 9.59. The molecule has 2 amide bonds. The quantitative estimate of drug-likeness (QED) is 0.332. The van der Waals surface area contributed by atoms with Gasteiger partial charge < -0.3 is 20.5 Å². The van der Waals surface area contributed by atoms with Crippen LogP contribution in [-0.4, -0.2) is 28.5 Å². The Morgan fingerprint density at radius 3 is 2.56 bits per heavy atom. The maximum Gasteiger partial charge on any atom is 0.347 e. The van der Waals surface area contributed by atoms with Gasteiger partial charge in [-0.05, 0) is 67.9 Å². The van der Waals surface area contributed by atoms with Gasteiger partial charge in [0.15, 0.2) is 5.60 Å². The van der Waals surface area contributed by atoms with Gasteiger partial charge in [0, 0.05) is 38.6 Å². The van der Waals surface area contributed by atoms with Gasteiger partial charge in [0.1, 0.15) is 22.8 Å². The summed E-state index contributed by atoms with van der Waals surface area (Å²) in [5.74, 6) is -4.74. The van der Waals surface area contributed by atoms with Gasteiger partial charge in [0.2, 0.25) is 11.8 Å². The first kappa shape index (κ1) is 27.1. The molecule has 2 aliphatic rings. The van der Waals surface area contributed by atoms with Crippen molar-refractivity contribution < 1.29 is 33.0 Å². The fraction of sp³-hybridized carbons (Fsp3) is 0.250. The molecule has 11 heteroatoms. The van der Waals surface area contributed by atoms with Gasteiger partial charge in [-0.1, -0.05) is 33.6 Å². The summed E-state index contributed by atoms with van der Waals surface area (Å²) < 4.78 is 36.2. The van der Waals surface area contributed by atoms with Crippen molar-refractivity contribution in [3.8, 4) is 5.75 Å². The lowest BCUT2D eigenvalue weighted by Gasteiger charge is -2.46. The van der Waals surface area contributed by atoms with Crippen LogP contribution in [0, 0.1) is 11.6 Å². The largest absolute Gasteiger partial charge is 0.478 e. The van der Waals surface area contributed by atoms with Crippen LogP contribution in [-0.2, 0) is 19.8 Å². The van der Waals surface area contributed by atoms with E-state index in [0.717, 1.165) is 18.2 Å². The molecular weight excluding hydrogens is 598 g/mol. The third-order valence-electron chi connectivity index (χ3n) is 7.25. The van der Waals surface area contributed by atoms with E-state index in [1.54, 1.807) is 30.3 Å². The maximum absolute atomic E-state index is 15.3. The summed E-state index contributed by atoms with van der Waals surface area (Å²) in [6, 6.07) is 11.1. The van der Waals surface area contributed by atoms with Crippen LogP contribution in [0.5, 0.6) is 5.75 Å². The van der Waals surface area contributed by atoms with Crippen LogP contribution in [0.3, 0.4) is 0 Å². The number of amides is 2. The zero-order valence-corrected chi connectivity index (χ0v) is 23.0. The monoisotopic (exact) mass is 618 g/mol. The van der Waals surface area contributed by atoms with Crippen molar-refractivity contribution in [2.24, 2.45) is 0 Å². The molecule has 2 aliphatic heterocycles. The lowest BCUT2D eigenvalue weighted by Crippen LogP contribution is -2.57. The van der Waals surface area contributed by atoms with E-state index in [1.807, 2.05) is 0 Å². The Labute approximate surface area is 235 Å². The first-order chi connectivity index (χ1) is 18.3. The first-order valence-electron chi connectivity index (χ1n) is 11.9. The highest BCUT2D eigenvalue weighted by atomic mass is 79.9. The zero-order valence-electron chi connectivity index (χ0n) is 20.7. The molecule has 3 aromatic carbocycles. The number of hydrogen-bond acceptors (Lipinski definition) is 4. The van der Waals surface area contributed by atoms with Crippen molar-refractivity contribution in [1.29, 1.82) is 0 Å². The molecule has 39 heavy (non-hydrogen) atoms. The van der Waals surface area contributed by atoms with Crippen molar-refractivity contribution in [2.45, 2.75) is 43.2 Å². The van der Waals surface area contributed by atoms with Crippen molar-refractivity contribution in [1.82, 2.24) is 5.32 Å². The number of carboxylic acids is 1. The average Bonchev–Trinajstić information content (AvgIpc) is 3.14. The van der Waals surface area contributed by atoms with Gasteiger partial charge in [-0.15, -0.1) is 0 Å². The van der Waals surface area contributed by atoms with Crippen LogP contribution < -0.4 is 15.4 Å². The van der Waals surface area contributed by atoms with Crippen molar-refractivity contribution in [2.75, 3.05) is 5.32 Å². The van der Waals surface area contributed by atoms with E-state index in [4.69, 9.17) is 16.3 Å². The number of nitrogens with one attached hydrogen (secondary N) is 2. The van der Waals surface area contributed by atoms with Gasteiger partial charge in [0.25, 0.3) is 0 Å². The number of carboxylic acid groups (broad SMARTS) is 1. The van der Waals surface area contributed by atoms with Crippen LogP contribution in [0.15, 0.2) is 59.1 Å². The minimum Gasteiger partial charge on any atom is -0.478 e. The second-order valence-electron chi connectivity index (χ2n) is 10.0. The minimum absolute atomic E-state index is 0.123. The van der Waals surface area contributed by atoms with E-state index in [9.17, 15) is 23.9 Å². The number of ether oxygens (including phenoxy) is 1. The average molecular weight is 620 g/mol. The summed E-state index contributed by atoms with van der Waals surface area (Å²) in [5, 5.41) is 15.6. The van der Waals surface area contributed by atoms with E-state index < -0.39 is 52.4 Å².